The number of furan rings is 1. The summed E-state index contributed by atoms with van der Waals surface area (Å²) in [6.45, 7) is 5.98. The van der Waals surface area contributed by atoms with Crippen molar-refractivity contribution >= 4 is 21.9 Å². The normalized spacial score (nSPS) is 11.4. The van der Waals surface area contributed by atoms with Crippen LogP contribution in [0.5, 0.6) is 0 Å². The summed E-state index contributed by atoms with van der Waals surface area (Å²) in [6.07, 6.45) is 0. The van der Waals surface area contributed by atoms with Crippen LogP contribution in [0.3, 0.4) is 0 Å². The Hall–Kier alpha value is -2.81. The first-order valence-electron chi connectivity index (χ1n) is 7.57. The van der Waals surface area contributed by atoms with Gasteiger partial charge in [0.15, 0.2) is 16.9 Å². The van der Waals surface area contributed by atoms with Crippen LogP contribution in [0.1, 0.15) is 16.7 Å². The number of hydrogen-bond acceptors (Lipinski definition) is 3. The molecule has 0 aliphatic carbocycles. The predicted molar refractivity (Wildman–Crippen MR) is 91.9 cm³/mol. The molecule has 4 rings (SSSR count). The first-order chi connectivity index (χ1) is 11.0. The zero-order valence-electron chi connectivity index (χ0n) is 13.3. The SMILES string of the molecule is Cc1ccc2c(C)c(-c3cc(=O)c4ccc(C)cc4o3)oc2c1. The Morgan fingerprint density at radius 2 is 1.35 bits per heavy atom. The molecule has 0 saturated heterocycles. The van der Waals surface area contributed by atoms with E-state index in [9.17, 15) is 4.79 Å². The van der Waals surface area contributed by atoms with Gasteiger partial charge in [-0.25, -0.2) is 0 Å². The molecular weight excluding hydrogens is 288 g/mol. The molecule has 0 aliphatic rings. The van der Waals surface area contributed by atoms with E-state index in [0.29, 0.717) is 22.5 Å². The largest absolute Gasteiger partial charge is 0.452 e. The van der Waals surface area contributed by atoms with E-state index in [0.717, 1.165) is 27.7 Å². The Labute approximate surface area is 133 Å². The molecule has 0 radical (unpaired) electrons. The van der Waals surface area contributed by atoms with Gasteiger partial charge >= 0.3 is 0 Å². The van der Waals surface area contributed by atoms with E-state index in [4.69, 9.17) is 8.83 Å². The summed E-state index contributed by atoms with van der Waals surface area (Å²) in [5.41, 5.74) is 4.50. The van der Waals surface area contributed by atoms with E-state index in [-0.39, 0.29) is 5.43 Å². The average molecular weight is 304 g/mol. The number of rotatable bonds is 1. The molecule has 2 heterocycles. The van der Waals surface area contributed by atoms with E-state index in [1.54, 1.807) is 6.07 Å². The first-order valence-corrected chi connectivity index (χ1v) is 7.57. The van der Waals surface area contributed by atoms with Gasteiger partial charge in [-0.1, -0.05) is 18.2 Å². The highest BCUT2D eigenvalue weighted by molar-refractivity contribution is 5.88. The van der Waals surface area contributed by atoms with Crippen LogP contribution < -0.4 is 5.43 Å². The van der Waals surface area contributed by atoms with E-state index in [1.807, 2.05) is 45.0 Å². The number of aryl methyl sites for hydroxylation is 3. The van der Waals surface area contributed by atoms with Crippen molar-refractivity contribution in [2.45, 2.75) is 20.8 Å². The Bertz CT molecular complexity index is 1110. The van der Waals surface area contributed by atoms with Gasteiger partial charge in [-0.2, -0.15) is 0 Å². The van der Waals surface area contributed by atoms with E-state index >= 15 is 0 Å². The molecule has 2 aromatic carbocycles. The van der Waals surface area contributed by atoms with Crippen molar-refractivity contribution in [3.63, 3.8) is 0 Å². The second kappa shape index (κ2) is 4.85. The lowest BCUT2D eigenvalue weighted by molar-refractivity contribution is 0.560. The number of benzene rings is 2. The van der Waals surface area contributed by atoms with E-state index < -0.39 is 0 Å². The van der Waals surface area contributed by atoms with Crippen molar-refractivity contribution in [3.05, 3.63) is 69.4 Å². The van der Waals surface area contributed by atoms with Crippen molar-refractivity contribution in [2.75, 3.05) is 0 Å². The monoisotopic (exact) mass is 304 g/mol. The third kappa shape index (κ3) is 2.16. The highest BCUT2D eigenvalue weighted by atomic mass is 16.4. The molecule has 0 amide bonds. The van der Waals surface area contributed by atoms with Crippen LogP contribution in [0.4, 0.5) is 0 Å². The summed E-state index contributed by atoms with van der Waals surface area (Å²) in [5, 5.41) is 1.63. The van der Waals surface area contributed by atoms with Gasteiger partial charge in [0.1, 0.15) is 11.2 Å². The van der Waals surface area contributed by atoms with Crippen molar-refractivity contribution in [1.82, 2.24) is 0 Å². The van der Waals surface area contributed by atoms with Gasteiger partial charge in [0.2, 0.25) is 0 Å². The maximum atomic E-state index is 12.4. The molecule has 0 unspecified atom stereocenters. The maximum absolute atomic E-state index is 12.4. The highest BCUT2D eigenvalue weighted by Crippen LogP contribution is 2.34. The molecule has 3 nitrogen and oxygen atoms in total. The molecule has 0 saturated carbocycles. The summed E-state index contributed by atoms with van der Waals surface area (Å²) in [6, 6.07) is 13.2. The van der Waals surface area contributed by atoms with Crippen LogP contribution in [-0.4, -0.2) is 0 Å². The summed E-state index contributed by atoms with van der Waals surface area (Å²) >= 11 is 0. The molecule has 23 heavy (non-hydrogen) atoms. The van der Waals surface area contributed by atoms with Gasteiger partial charge in [-0.15, -0.1) is 0 Å². The van der Waals surface area contributed by atoms with Crippen LogP contribution in [0.15, 0.2) is 56.1 Å². The molecule has 0 fully saturated rings. The summed E-state index contributed by atoms with van der Waals surface area (Å²) < 4.78 is 11.9. The lowest BCUT2D eigenvalue weighted by Gasteiger charge is -2.02. The molecule has 0 aliphatic heterocycles. The Morgan fingerprint density at radius 1 is 0.739 bits per heavy atom. The van der Waals surface area contributed by atoms with Gasteiger partial charge in [0.25, 0.3) is 0 Å². The second-order valence-corrected chi connectivity index (χ2v) is 6.03. The number of hydrogen-bond donors (Lipinski definition) is 0. The second-order valence-electron chi connectivity index (χ2n) is 6.03. The fourth-order valence-corrected chi connectivity index (χ4v) is 2.94. The van der Waals surface area contributed by atoms with Crippen LogP contribution in [0, 0.1) is 20.8 Å². The summed E-state index contributed by atoms with van der Waals surface area (Å²) in [7, 11) is 0. The quantitative estimate of drug-likeness (QED) is 0.489. The van der Waals surface area contributed by atoms with Gasteiger partial charge < -0.3 is 8.83 Å². The van der Waals surface area contributed by atoms with Gasteiger partial charge in [0.05, 0.1) is 5.39 Å². The molecule has 0 bridgehead atoms. The third-order valence-electron chi connectivity index (χ3n) is 4.20. The molecule has 3 heteroatoms. The Morgan fingerprint density at radius 3 is 2.04 bits per heavy atom. The fourth-order valence-electron chi connectivity index (χ4n) is 2.94. The number of fused-ring (bicyclic) bond motifs is 2. The van der Waals surface area contributed by atoms with Crippen molar-refractivity contribution in [2.24, 2.45) is 0 Å². The van der Waals surface area contributed by atoms with Crippen molar-refractivity contribution in [3.8, 4) is 11.5 Å². The molecule has 2 aromatic heterocycles. The molecule has 0 spiro atoms. The zero-order chi connectivity index (χ0) is 16.1. The third-order valence-corrected chi connectivity index (χ3v) is 4.20. The van der Waals surface area contributed by atoms with Crippen LogP contribution in [0.25, 0.3) is 33.5 Å². The molecular formula is C20H16O3. The van der Waals surface area contributed by atoms with Crippen LogP contribution in [-0.2, 0) is 0 Å². The molecule has 0 N–H and O–H groups in total. The van der Waals surface area contributed by atoms with Gasteiger partial charge in [-0.05, 0) is 50.1 Å². The minimum Gasteiger partial charge on any atom is -0.452 e. The van der Waals surface area contributed by atoms with Crippen molar-refractivity contribution < 1.29 is 8.83 Å². The Kier molecular flexibility index (Phi) is 2.91. The van der Waals surface area contributed by atoms with Gasteiger partial charge in [-0.3, -0.25) is 4.79 Å². The van der Waals surface area contributed by atoms with Crippen LogP contribution in [0.2, 0.25) is 0 Å². The Balaban J connectivity index is 2.02. The molecule has 0 atom stereocenters. The predicted octanol–water partition coefficient (Wildman–Crippen LogP) is 5.13. The van der Waals surface area contributed by atoms with Crippen molar-refractivity contribution in [1.29, 1.82) is 0 Å². The standard InChI is InChI=1S/C20H16O3/c1-11-4-6-14-13(3)20(23-17(14)8-11)19-10-16(21)15-7-5-12(2)9-18(15)22-19/h4-10H,1-3H3. The summed E-state index contributed by atoms with van der Waals surface area (Å²) in [4.78, 5) is 12.4. The fraction of sp³-hybridized carbons (Fsp3) is 0.150. The average Bonchev–Trinajstić information content (AvgIpc) is 2.83. The van der Waals surface area contributed by atoms with E-state index in [1.165, 1.54) is 6.07 Å². The zero-order valence-corrected chi connectivity index (χ0v) is 13.3. The lowest BCUT2D eigenvalue weighted by atomic mass is 10.1. The molecule has 114 valence electrons. The minimum atomic E-state index is -0.0581. The smallest absolute Gasteiger partial charge is 0.193 e. The topological polar surface area (TPSA) is 43.4 Å². The highest BCUT2D eigenvalue weighted by Gasteiger charge is 2.16. The molecule has 4 aromatic rings. The minimum absolute atomic E-state index is 0.0581. The summed E-state index contributed by atoms with van der Waals surface area (Å²) in [5.74, 6) is 1.09. The lowest BCUT2D eigenvalue weighted by Crippen LogP contribution is -2.00. The van der Waals surface area contributed by atoms with Crippen LogP contribution >= 0.6 is 0 Å². The van der Waals surface area contributed by atoms with Gasteiger partial charge in [0, 0.05) is 17.0 Å². The first kappa shape index (κ1) is 13.8. The van der Waals surface area contributed by atoms with E-state index in [2.05, 4.69) is 6.07 Å². The maximum Gasteiger partial charge on any atom is 0.193 e.